The van der Waals surface area contributed by atoms with Crippen LogP contribution < -0.4 is 15.1 Å². The van der Waals surface area contributed by atoms with Crippen LogP contribution >= 0.6 is 0 Å². The van der Waals surface area contributed by atoms with Gasteiger partial charge in [0.1, 0.15) is 18.1 Å². The van der Waals surface area contributed by atoms with Crippen molar-refractivity contribution in [3.8, 4) is 0 Å². The highest BCUT2D eigenvalue weighted by atomic mass is 19.1. The molecule has 1 unspecified atom stereocenters. The minimum absolute atomic E-state index is 0.182. The van der Waals surface area contributed by atoms with Crippen LogP contribution in [0.3, 0.4) is 0 Å². The second-order valence-electron chi connectivity index (χ2n) is 8.82. The van der Waals surface area contributed by atoms with Gasteiger partial charge in [0.05, 0.1) is 37.1 Å². The number of anilines is 2. The predicted molar refractivity (Wildman–Crippen MR) is 126 cm³/mol. The van der Waals surface area contributed by atoms with Gasteiger partial charge in [-0.25, -0.2) is 9.18 Å². The molecule has 2 amide bonds. The molecule has 2 aliphatic heterocycles. The molecule has 0 saturated carbocycles. The van der Waals surface area contributed by atoms with Crippen molar-refractivity contribution in [3.63, 3.8) is 0 Å². The average Bonchev–Trinajstić information content (AvgIpc) is 3.45. The van der Waals surface area contributed by atoms with Crippen LogP contribution in [0.5, 0.6) is 0 Å². The van der Waals surface area contributed by atoms with Gasteiger partial charge in [0.2, 0.25) is 12.2 Å². The van der Waals surface area contributed by atoms with Gasteiger partial charge in [-0.2, -0.15) is 0 Å². The molecule has 0 spiro atoms. The van der Waals surface area contributed by atoms with Gasteiger partial charge in [-0.05, 0) is 28.1 Å². The molecule has 194 valence electrons. The van der Waals surface area contributed by atoms with Crippen molar-refractivity contribution in [2.45, 2.75) is 25.7 Å². The number of ether oxygens (including phenoxy) is 1. The monoisotopic (exact) mass is 505 g/mol. The largest absolute Gasteiger partial charge is 0.442 e. The first-order valence-corrected chi connectivity index (χ1v) is 11.5. The molecule has 0 bridgehead atoms. The summed E-state index contributed by atoms with van der Waals surface area (Å²) in [4.78, 5) is 42.4. The van der Waals surface area contributed by atoms with Gasteiger partial charge in [-0.3, -0.25) is 14.6 Å². The van der Waals surface area contributed by atoms with Crippen LogP contribution in [0.25, 0.3) is 0 Å². The molecule has 3 heterocycles. The maximum atomic E-state index is 15.0. The summed E-state index contributed by atoms with van der Waals surface area (Å²) in [5.41, 5.74) is 0.806. The molecule has 14 heteroatoms. The number of carbonyl (C=O) groups excluding carboxylic acids is 2. The third-order valence-corrected chi connectivity index (χ3v) is 6.11. The molecular formula is C22H28FN7O6. The number of carbonyl (C=O) groups is 2. The Morgan fingerprint density at radius 3 is 2.72 bits per heavy atom. The summed E-state index contributed by atoms with van der Waals surface area (Å²) in [6.07, 6.45) is 0.762. The van der Waals surface area contributed by atoms with Crippen molar-refractivity contribution < 1.29 is 28.7 Å². The zero-order valence-corrected chi connectivity index (χ0v) is 19.7. The lowest BCUT2D eigenvalue weighted by Crippen LogP contribution is -2.49. The van der Waals surface area contributed by atoms with Crippen molar-refractivity contribution in [1.82, 2.24) is 19.8 Å². The van der Waals surface area contributed by atoms with Gasteiger partial charge in [0, 0.05) is 39.6 Å². The summed E-state index contributed by atoms with van der Waals surface area (Å²) in [6, 6.07) is 4.61. The van der Waals surface area contributed by atoms with E-state index in [1.165, 1.54) is 35.0 Å². The molecule has 2 aromatic rings. The number of piperazine rings is 1. The number of benzene rings is 1. The number of aromatic nitrogens is 2. The Bertz CT molecular complexity index is 1120. The topological polar surface area (TPSA) is 146 Å². The van der Waals surface area contributed by atoms with Gasteiger partial charge in [0.25, 0.3) is 0 Å². The van der Waals surface area contributed by atoms with Gasteiger partial charge < -0.3 is 34.7 Å². The number of rotatable bonds is 9. The summed E-state index contributed by atoms with van der Waals surface area (Å²) in [5.74, 6) is -0.949. The number of imidazole rings is 1. The maximum absolute atomic E-state index is 15.0. The summed E-state index contributed by atoms with van der Waals surface area (Å²) < 4.78 is 21.7. The van der Waals surface area contributed by atoms with Crippen molar-refractivity contribution in [3.05, 3.63) is 46.7 Å². The molecule has 1 aromatic heterocycles. The Morgan fingerprint density at radius 1 is 1.33 bits per heavy atom. The van der Waals surface area contributed by atoms with Crippen molar-refractivity contribution in [2.75, 3.05) is 55.6 Å². The van der Waals surface area contributed by atoms with E-state index in [1.807, 2.05) is 9.80 Å². The van der Waals surface area contributed by atoms with E-state index in [0.29, 0.717) is 44.1 Å². The van der Waals surface area contributed by atoms with E-state index >= 15 is 0 Å². The van der Waals surface area contributed by atoms with Crippen molar-refractivity contribution in [1.29, 1.82) is 0 Å². The first-order valence-electron chi connectivity index (χ1n) is 11.5. The summed E-state index contributed by atoms with van der Waals surface area (Å²) >= 11 is 0. The molecule has 2 atom stereocenters. The number of nitro groups is 1. The minimum Gasteiger partial charge on any atom is -0.442 e. The number of nitrogens with one attached hydrogen (secondary N) is 1. The molecule has 2 fully saturated rings. The lowest BCUT2D eigenvalue weighted by Gasteiger charge is -2.37. The fourth-order valence-electron chi connectivity index (χ4n) is 4.33. The van der Waals surface area contributed by atoms with Crippen LogP contribution in [0.15, 0.2) is 30.7 Å². The quantitative estimate of drug-likeness (QED) is 0.369. The number of hydrogen-bond donors (Lipinski definition) is 2. The molecule has 4 rings (SSSR count). The standard InChI is InChI=1S/C22H28FN7O6/c1-15(31)24-9-18-12-29(22(33)36-18)16-2-3-20(19(23)8-16)28-6-4-26(5-7-28)10-17(32)11-27-13-21(25-14-27)30(34)35/h2-3,8,13-14,17-18,32H,4-7,9-12H2,1H3,(H,24,31)/t17?,18-/m0/s1. The van der Waals surface area contributed by atoms with Crippen LogP contribution in [-0.4, -0.2) is 94.5 Å². The number of cyclic esters (lactones) is 1. The number of aliphatic hydroxyl groups is 1. The summed E-state index contributed by atoms with van der Waals surface area (Å²) in [5, 5.41) is 23.7. The molecule has 1 aromatic carbocycles. The van der Waals surface area contributed by atoms with E-state index in [2.05, 4.69) is 10.3 Å². The summed E-state index contributed by atoms with van der Waals surface area (Å²) in [7, 11) is 0. The van der Waals surface area contributed by atoms with E-state index < -0.39 is 29.0 Å². The Balaban J connectivity index is 1.28. The zero-order chi connectivity index (χ0) is 25.8. The van der Waals surface area contributed by atoms with E-state index in [1.54, 1.807) is 12.1 Å². The number of halogens is 1. The SMILES string of the molecule is CC(=O)NC[C@H]1CN(c2ccc(N3CCN(CC(O)Cn4cnc([N+](=O)[O-])c4)CC3)c(F)c2)C(=O)O1. The fraction of sp³-hybridized carbons (Fsp3) is 0.500. The maximum Gasteiger partial charge on any atom is 0.414 e. The minimum atomic E-state index is -0.740. The first kappa shape index (κ1) is 25.3. The second kappa shape index (κ2) is 10.9. The molecule has 0 aliphatic carbocycles. The third kappa shape index (κ3) is 6.07. The number of nitrogens with zero attached hydrogens (tertiary/aromatic N) is 6. The number of amides is 2. The van der Waals surface area contributed by atoms with E-state index in [4.69, 9.17) is 4.74 Å². The van der Waals surface area contributed by atoms with E-state index in [-0.39, 0.29) is 31.4 Å². The highest BCUT2D eigenvalue weighted by Gasteiger charge is 2.33. The zero-order valence-electron chi connectivity index (χ0n) is 19.7. The molecule has 0 radical (unpaired) electrons. The van der Waals surface area contributed by atoms with E-state index in [0.717, 1.165) is 0 Å². The Hall–Kier alpha value is -3.78. The van der Waals surface area contributed by atoms with Gasteiger partial charge >= 0.3 is 11.9 Å². The Morgan fingerprint density at radius 2 is 2.08 bits per heavy atom. The highest BCUT2D eigenvalue weighted by molar-refractivity contribution is 5.90. The second-order valence-corrected chi connectivity index (χ2v) is 8.82. The smallest absolute Gasteiger partial charge is 0.414 e. The molecule has 36 heavy (non-hydrogen) atoms. The predicted octanol–water partition coefficient (Wildman–Crippen LogP) is 0.575. The highest BCUT2D eigenvalue weighted by Crippen LogP contribution is 2.28. The van der Waals surface area contributed by atoms with Crippen LogP contribution in [0.1, 0.15) is 6.92 Å². The van der Waals surface area contributed by atoms with Crippen molar-refractivity contribution in [2.24, 2.45) is 0 Å². The van der Waals surface area contributed by atoms with Crippen LogP contribution in [0, 0.1) is 15.9 Å². The lowest BCUT2D eigenvalue weighted by molar-refractivity contribution is -0.389. The number of hydrogen-bond acceptors (Lipinski definition) is 9. The summed E-state index contributed by atoms with van der Waals surface area (Å²) in [6.45, 7) is 4.64. The van der Waals surface area contributed by atoms with Gasteiger partial charge in [0.15, 0.2) is 0 Å². The number of aliphatic hydroxyl groups excluding tert-OH is 1. The third-order valence-electron chi connectivity index (χ3n) is 6.11. The Kier molecular flexibility index (Phi) is 7.64. The molecule has 13 nitrogen and oxygen atoms in total. The lowest BCUT2D eigenvalue weighted by atomic mass is 10.2. The van der Waals surface area contributed by atoms with Crippen LogP contribution in [0.4, 0.5) is 26.4 Å². The molecule has 2 N–H and O–H groups in total. The van der Waals surface area contributed by atoms with Crippen LogP contribution in [-0.2, 0) is 16.1 Å². The first-order chi connectivity index (χ1) is 17.2. The Labute approximate surface area is 206 Å². The van der Waals surface area contributed by atoms with Crippen LogP contribution in [0.2, 0.25) is 0 Å². The molecule has 2 aliphatic rings. The van der Waals surface area contributed by atoms with Gasteiger partial charge in [-0.15, -0.1) is 0 Å². The molecular weight excluding hydrogens is 477 g/mol. The normalized spacial score (nSPS) is 19.3. The van der Waals surface area contributed by atoms with Gasteiger partial charge in [-0.1, -0.05) is 0 Å². The van der Waals surface area contributed by atoms with Crippen molar-refractivity contribution >= 4 is 29.2 Å². The molecule has 2 saturated heterocycles. The average molecular weight is 506 g/mol. The number of β-amino-alcohol motifs (C(OH)–C–C–N with tert-alkyl or cyclic N) is 1. The van der Waals surface area contributed by atoms with E-state index in [9.17, 15) is 29.2 Å². The fourth-order valence-corrected chi connectivity index (χ4v) is 4.33.